The highest BCUT2D eigenvalue weighted by molar-refractivity contribution is 6.28. The zero-order valence-electron chi connectivity index (χ0n) is 11.0. The standard InChI is InChI=1S/C14H14ClN3O2/c1-3-7-16-10-5-4-6-11(8-10)20-13-12(19-2)9-17-14(15)18-13/h3-6,8-9,16H,1,7H2,2H3. The first kappa shape index (κ1) is 14.1. The van der Waals surface area contributed by atoms with E-state index < -0.39 is 0 Å². The van der Waals surface area contributed by atoms with E-state index in [-0.39, 0.29) is 11.2 Å². The summed E-state index contributed by atoms with van der Waals surface area (Å²) >= 11 is 5.76. The highest BCUT2D eigenvalue weighted by Gasteiger charge is 2.09. The lowest BCUT2D eigenvalue weighted by atomic mass is 10.3. The number of hydrogen-bond acceptors (Lipinski definition) is 5. The molecule has 0 aliphatic rings. The van der Waals surface area contributed by atoms with E-state index in [9.17, 15) is 0 Å². The molecule has 6 heteroatoms. The molecule has 104 valence electrons. The van der Waals surface area contributed by atoms with Gasteiger partial charge in [-0.3, -0.25) is 0 Å². The molecule has 0 aliphatic carbocycles. The van der Waals surface area contributed by atoms with Gasteiger partial charge in [0.1, 0.15) is 5.75 Å². The van der Waals surface area contributed by atoms with E-state index in [0.29, 0.717) is 18.0 Å². The van der Waals surface area contributed by atoms with E-state index in [2.05, 4.69) is 21.9 Å². The van der Waals surface area contributed by atoms with Crippen LogP contribution in [0.1, 0.15) is 0 Å². The Labute approximate surface area is 122 Å². The molecule has 1 aromatic heterocycles. The predicted octanol–water partition coefficient (Wildman–Crippen LogP) is 3.53. The van der Waals surface area contributed by atoms with Crippen LogP contribution < -0.4 is 14.8 Å². The van der Waals surface area contributed by atoms with Gasteiger partial charge in [0.05, 0.1) is 13.3 Å². The number of anilines is 1. The van der Waals surface area contributed by atoms with Crippen LogP contribution in [0.2, 0.25) is 5.28 Å². The first-order valence-corrected chi connectivity index (χ1v) is 6.30. The summed E-state index contributed by atoms with van der Waals surface area (Å²) in [5.74, 6) is 1.30. The van der Waals surface area contributed by atoms with Crippen LogP contribution in [-0.4, -0.2) is 23.6 Å². The Balaban J connectivity index is 2.21. The van der Waals surface area contributed by atoms with Crippen molar-refractivity contribution < 1.29 is 9.47 Å². The Kier molecular flexibility index (Phi) is 4.79. The molecule has 0 aliphatic heterocycles. The lowest BCUT2D eigenvalue weighted by Crippen LogP contribution is -1.98. The molecule has 2 rings (SSSR count). The highest BCUT2D eigenvalue weighted by atomic mass is 35.5. The minimum atomic E-state index is 0.0988. The van der Waals surface area contributed by atoms with Gasteiger partial charge in [-0.1, -0.05) is 12.1 Å². The number of nitrogens with zero attached hydrogens (tertiary/aromatic N) is 2. The number of methoxy groups -OCH3 is 1. The fourth-order valence-corrected chi connectivity index (χ4v) is 1.64. The smallest absolute Gasteiger partial charge is 0.267 e. The summed E-state index contributed by atoms with van der Waals surface area (Å²) < 4.78 is 10.8. The maximum Gasteiger partial charge on any atom is 0.267 e. The van der Waals surface area contributed by atoms with Gasteiger partial charge in [-0.2, -0.15) is 4.98 Å². The van der Waals surface area contributed by atoms with Crippen molar-refractivity contribution in [2.45, 2.75) is 0 Å². The van der Waals surface area contributed by atoms with Gasteiger partial charge in [0.25, 0.3) is 5.88 Å². The van der Waals surface area contributed by atoms with Gasteiger partial charge in [-0.15, -0.1) is 6.58 Å². The van der Waals surface area contributed by atoms with Crippen molar-refractivity contribution in [3.63, 3.8) is 0 Å². The minimum Gasteiger partial charge on any atom is -0.490 e. The first-order valence-electron chi connectivity index (χ1n) is 5.92. The number of nitrogens with one attached hydrogen (secondary N) is 1. The number of ether oxygens (including phenoxy) is 2. The molecule has 0 fully saturated rings. The van der Waals surface area contributed by atoms with E-state index in [4.69, 9.17) is 21.1 Å². The average Bonchev–Trinajstić information content (AvgIpc) is 2.46. The van der Waals surface area contributed by atoms with E-state index in [1.807, 2.05) is 24.3 Å². The number of rotatable bonds is 6. The van der Waals surface area contributed by atoms with Crippen molar-refractivity contribution in [2.75, 3.05) is 19.0 Å². The largest absolute Gasteiger partial charge is 0.490 e. The van der Waals surface area contributed by atoms with Crippen LogP contribution in [0.4, 0.5) is 5.69 Å². The summed E-state index contributed by atoms with van der Waals surface area (Å²) in [5, 5.41) is 3.27. The molecular formula is C14H14ClN3O2. The lowest BCUT2D eigenvalue weighted by molar-refractivity contribution is 0.367. The number of aromatic nitrogens is 2. The molecule has 20 heavy (non-hydrogen) atoms. The molecule has 0 unspecified atom stereocenters. The fraction of sp³-hybridized carbons (Fsp3) is 0.143. The van der Waals surface area contributed by atoms with Crippen LogP contribution in [0.5, 0.6) is 17.4 Å². The number of halogens is 1. The molecular weight excluding hydrogens is 278 g/mol. The van der Waals surface area contributed by atoms with E-state index in [1.165, 1.54) is 13.3 Å². The summed E-state index contributed by atoms with van der Waals surface area (Å²) in [4.78, 5) is 7.84. The Hall–Kier alpha value is -2.27. The number of benzene rings is 1. The maximum atomic E-state index is 5.76. The minimum absolute atomic E-state index is 0.0988. The Morgan fingerprint density at radius 3 is 3.05 bits per heavy atom. The van der Waals surface area contributed by atoms with E-state index in [1.54, 1.807) is 6.08 Å². The summed E-state index contributed by atoms with van der Waals surface area (Å²) in [6.45, 7) is 4.33. The zero-order valence-corrected chi connectivity index (χ0v) is 11.7. The Bertz CT molecular complexity index is 605. The monoisotopic (exact) mass is 291 g/mol. The lowest BCUT2D eigenvalue weighted by Gasteiger charge is -2.10. The average molecular weight is 292 g/mol. The molecule has 0 radical (unpaired) electrons. The van der Waals surface area contributed by atoms with Gasteiger partial charge in [-0.25, -0.2) is 4.98 Å². The van der Waals surface area contributed by atoms with Gasteiger partial charge >= 0.3 is 0 Å². The zero-order chi connectivity index (χ0) is 14.4. The molecule has 0 spiro atoms. The van der Waals surface area contributed by atoms with Gasteiger partial charge in [0, 0.05) is 18.3 Å². The maximum absolute atomic E-state index is 5.76. The molecule has 1 heterocycles. The highest BCUT2D eigenvalue weighted by Crippen LogP contribution is 2.30. The van der Waals surface area contributed by atoms with Crippen molar-refractivity contribution in [3.05, 3.63) is 48.4 Å². The molecule has 0 amide bonds. The van der Waals surface area contributed by atoms with Crippen molar-refractivity contribution in [1.82, 2.24) is 9.97 Å². The summed E-state index contributed by atoms with van der Waals surface area (Å²) in [6.07, 6.45) is 3.24. The molecule has 0 bridgehead atoms. The third-order valence-corrected chi connectivity index (χ3v) is 2.59. The van der Waals surface area contributed by atoms with Crippen LogP contribution in [0, 0.1) is 0 Å². The second-order valence-electron chi connectivity index (χ2n) is 3.81. The third-order valence-electron chi connectivity index (χ3n) is 2.41. The second-order valence-corrected chi connectivity index (χ2v) is 4.15. The van der Waals surface area contributed by atoms with Gasteiger partial charge < -0.3 is 14.8 Å². The van der Waals surface area contributed by atoms with Crippen molar-refractivity contribution >= 4 is 17.3 Å². The topological polar surface area (TPSA) is 56.3 Å². The van der Waals surface area contributed by atoms with E-state index >= 15 is 0 Å². The van der Waals surface area contributed by atoms with Crippen LogP contribution in [0.25, 0.3) is 0 Å². The van der Waals surface area contributed by atoms with E-state index in [0.717, 1.165) is 5.69 Å². The molecule has 0 saturated heterocycles. The van der Waals surface area contributed by atoms with Crippen molar-refractivity contribution in [1.29, 1.82) is 0 Å². The molecule has 0 saturated carbocycles. The van der Waals surface area contributed by atoms with Crippen molar-refractivity contribution in [2.24, 2.45) is 0 Å². The quantitative estimate of drug-likeness (QED) is 0.652. The Morgan fingerprint density at radius 2 is 2.30 bits per heavy atom. The molecule has 1 N–H and O–H groups in total. The molecule has 1 aromatic carbocycles. The molecule has 5 nitrogen and oxygen atoms in total. The van der Waals surface area contributed by atoms with Gasteiger partial charge in [-0.05, 0) is 23.7 Å². The molecule has 0 atom stereocenters. The second kappa shape index (κ2) is 6.77. The SMILES string of the molecule is C=CCNc1cccc(Oc2nc(Cl)ncc2OC)c1. The number of hydrogen-bond donors (Lipinski definition) is 1. The van der Waals surface area contributed by atoms with Gasteiger partial charge in [0.2, 0.25) is 5.28 Å². The van der Waals surface area contributed by atoms with Crippen LogP contribution in [0.15, 0.2) is 43.1 Å². The first-order chi connectivity index (χ1) is 9.72. The Morgan fingerprint density at radius 1 is 1.45 bits per heavy atom. The normalized spacial score (nSPS) is 9.90. The van der Waals surface area contributed by atoms with Gasteiger partial charge in [0.15, 0.2) is 5.75 Å². The summed E-state index contributed by atoms with van der Waals surface area (Å²) in [5.41, 5.74) is 0.918. The predicted molar refractivity (Wildman–Crippen MR) is 78.8 cm³/mol. The van der Waals surface area contributed by atoms with Crippen molar-refractivity contribution in [3.8, 4) is 17.4 Å². The summed E-state index contributed by atoms with van der Waals surface area (Å²) in [6, 6.07) is 7.46. The fourth-order valence-electron chi connectivity index (χ4n) is 1.52. The summed E-state index contributed by atoms with van der Waals surface area (Å²) in [7, 11) is 1.52. The van der Waals surface area contributed by atoms with Crippen LogP contribution in [-0.2, 0) is 0 Å². The third kappa shape index (κ3) is 3.61. The van der Waals surface area contributed by atoms with Crippen LogP contribution in [0.3, 0.4) is 0 Å². The molecule has 2 aromatic rings. The van der Waals surface area contributed by atoms with Crippen LogP contribution >= 0.6 is 11.6 Å².